The first kappa shape index (κ1) is 23.4. The fourth-order valence-corrected chi connectivity index (χ4v) is 5.86. The monoisotopic (exact) mass is 428 g/mol. The van der Waals surface area contributed by atoms with Gasteiger partial charge in [0.15, 0.2) is 0 Å². The molecule has 0 atom stereocenters. The Morgan fingerprint density at radius 1 is 0.967 bits per heavy atom. The van der Waals surface area contributed by atoms with Crippen LogP contribution in [0.2, 0.25) is 0 Å². The van der Waals surface area contributed by atoms with Crippen LogP contribution in [0.1, 0.15) is 96.0 Å². The van der Waals surface area contributed by atoms with Crippen LogP contribution in [0.5, 0.6) is 5.75 Å². The van der Waals surface area contributed by atoms with Gasteiger partial charge in [0.05, 0.1) is 0 Å². The van der Waals surface area contributed by atoms with Crippen LogP contribution in [0.15, 0.2) is 24.3 Å². The molecule has 2 aliphatic carbocycles. The lowest BCUT2D eigenvalue weighted by molar-refractivity contribution is -0.253. The first-order valence-corrected chi connectivity index (χ1v) is 11.8. The number of ether oxygens (including phenoxy) is 1. The van der Waals surface area contributed by atoms with Gasteiger partial charge in [-0.25, -0.2) is 0 Å². The number of unbranched alkanes of at least 4 members (excludes halogenated alkanes) is 2. The second kappa shape index (κ2) is 10.4. The molecule has 0 N–H and O–H groups in total. The minimum Gasteiger partial charge on any atom is -0.428 e. The van der Waals surface area contributed by atoms with E-state index in [0.717, 1.165) is 18.8 Å². The first-order valence-electron chi connectivity index (χ1n) is 11.8. The summed E-state index contributed by atoms with van der Waals surface area (Å²) in [5.74, 6) is 1.27. The highest BCUT2D eigenvalue weighted by Gasteiger charge is 2.45. The molecular weight excluding hydrogens is 392 g/mol. The summed E-state index contributed by atoms with van der Waals surface area (Å²) < 4.78 is 55.6. The largest absolute Gasteiger partial charge is 0.461 e. The average Bonchev–Trinajstić information content (AvgIpc) is 2.75. The van der Waals surface area contributed by atoms with Gasteiger partial charge in [0, 0.05) is 0 Å². The summed E-state index contributed by atoms with van der Waals surface area (Å²) in [4.78, 5) is 0. The van der Waals surface area contributed by atoms with Crippen molar-refractivity contribution >= 4 is 0 Å². The number of benzene rings is 1. The molecule has 0 bridgehead atoms. The molecule has 0 amide bonds. The summed E-state index contributed by atoms with van der Waals surface area (Å²) >= 11 is 0. The van der Waals surface area contributed by atoms with E-state index in [4.69, 9.17) is 0 Å². The Hall–Kier alpha value is -1.26. The predicted octanol–water partition coefficient (Wildman–Crippen LogP) is 8.51. The molecule has 2 saturated carbocycles. The van der Waals surface area contributed by atoms with Gasteiger partial charge in [0.25, 0.3) is 0 Å². The molecule has 1 aromatic carbocycles. The van der Waals surface area contributed by atoms with Crippen LogP contribution >= 0.6 is 0 Å². The Morgan fingerprint density at radius 3 is 2.17 bits per heavy atom. The van der Waals surface area contributed by atoms with E-state index < -0.39 is 12.5 Å². The molecule has 3 rings (SSSR count). The first-order chi connectivity index (χ1) is 14.4. The van der Waals surface area contributed by atoms with Crippen LogP contribution in [0, 0.1) is 11.8 Å². The molecule has 0 heterocycles. The van der Waals surface area contributed by atoms with E-state index in [1.54, 1.807) is 0 Å². The lowest BCUT2D eigenvalue weighted by Crippen LogP contribution is -2.39. The standard InChI is InChI=1S/C25H36F4O/c1-2-3-5-8-19-9-11-20(12-10-19)24(17-6-4-7-18-24)21-13-15-22(16-14-21)30-25(28,29)23(26)27/h13-16,19-20,23H,2-12,17-18H2,1H3. The molecule has 2 fully saturated rings. The van der Waals surface area contributed by atoms with Crippen LogP contribution < -0.4 is 4.74 Å². The SMILES string of the molecule is CCCCCC1CCC(C2(c3ccc(OC(F)(F)C(F)F)cc3)CCCCC2)CC1. The van der Waals surface area contributed by atoms with Crippen molar-refractivity contribution in [3.8, 4) is 5.75 Å². The molecule has 1 nitrogen and oxygen atoms in total. The van der Waals surface area contributed by atoms with Gasteiger partial charge in [0.1, 0.15) is 5.75 Å². The maximum absolute atomic E-state index is 13.2. The minimum absolute atomic E-state index is 0.0937. The molecule has 5 heteroatoms. The number of rotatable bonds is 9. The summed E-state index contributed by atoms with van der Waals surface area (Å²) in [6.45, 7) is 2.24. The van der Waals surface area contributed by atoms with Crippen molar-refractivity contribution in [1.82, 2.24) is 0 Å². The molecule has 170 valence electrons. The molecule has 0 unspecified atom stereocenters. The third-order valence-corrected chi connectivity index (χ3v) is 7.53. The predicted molar refractivity (Wildman–Crippen MR) is 112 cm³/mol. The Kier molecular flexibility index (Phi) is 8.09. The third-order valence-electron chi connectivity index (χ3n) is 7.53. The summed E-state index contributed by atoms with van der Waals surface area (Å²) in [6.07, 6.45) is 7.91. The quantitative estimate of drug-likeness (QED) is 0.283. The normalized spacial score (nSPS) is 24.7. The van der Waals surface area contributed by atoms with Crippen molar-refractivity contribution in [1.29, 1.82) is 0 Å². The van der Waals surface area contributed by atoms with Gasteiger partial charge >= 0.3 is 12.5 Å². The van der Waals surface area contributed by atoms with Crippen LogP contribution in [-0.2, 0) is 5.41 Å². The van der Waals surface area contributed by atoms with Gasteiger partial charge in [-0.1, -0.05) is 76.8 Å². The van der Waals surface area contributed by atoms with Gasteiger partial charge in [-0.05, 0) is 60.6 Å². The summed E-state index contributed by atoms with van der Waals surface area (Å²) in [7, 11) is 0. The van der Waals surface area contributed by atoms with Crippen LogP contribution in [0.4, 0.5) is 17.6 Å². The van der Waals surface area contributed by atoms with Crippen LogP contribution in [0.3, 0.4) is 0 Å². The Morgan fingerprint density at radius 2 is 1.60 bits per heavy atom. The van der Waals surface area contributed by atoms with E-state index in [1.165, 1.54) is 88.3 Å². The Bertz CT molecular complexity index is 629. The zero-order valence-corrected chi connectivity index (χ0v) is 18.2. The van der Waals surface area contributed by atoms with Crippen molar-refractivity contribution in [2.45, 2.75) is 108 Å². The molecule has 0 radical (unpaired) electrons. The summed E-state index contributed by atoms with van der Waals surface area (Å²) in [6, 6.07) is 6.57. The van der Waals surface area contributed by atoms with Gasteiger partial charge in [-0.15, -0.1) is 0 Å². The molecule has 0 spiro atoms. The van der Waals surface area contributed by atoms with Crippen molar-refractivity contribution in [3.63, 3.8) is 0 Å². The molecule has 0 aromatic heterocycles. The number of halogens is 4. The molecule has 0 saturated heterocycles. The average molecular weight is 429 g/mol. The molecule has 0 aliphatic heterocycles. The minimum atomic E-state index is -4.46. The lowest BCUT2D eigenvalue weighted by atomic mass is 9.57. The van der Waals surface area contributed by atoms with Gasteiger partial charge < -0.3 is 4.74 Å². The topological polar surface area (TPSA) is 9.23 Å². The molecule has 30 heavy (non-hydrogen) atoms. The van der Waals surface area contributed by atoms with Crippen molar-refractivity contribution < 1.29 is 22.3 Å². The van der Waals surface area contributed by atoms with E-state index in [1.807, 2.05) is 12.1 Å². The fraction of sp³-hybridized carbons (Fsp3) is 0.760. The maximum atomic E-state index is 13.2. The van der Waals surface area contributed by atoms with Gasteiger partial charge in [0.2, 0.25) is 0 Å². The van der Waals surface area contributed by atoms with Gasteiger partial charge in [-0.3, -0.25) is 0 Å². The van der Waals surface area contributed by atoms with E-state index >= 15 is 0 Å². The zero-order valence-electron chi connectivity index (χ0n) is 18.2. The second-order valence-corrected chi connectivity index (χ2v) is 9.42. The van der Waals surface area contributed by atoms with Crippen molar-refractivity contribution in [2.75, 3.05) is 0 Å². The highest BCUT2D eigenvalue weighted by molar-refractivity contribution is 5.34. The third kappa shape index (κ3) is 5.50. The van der Waals surface area contributed by atoms with Gasteiger partial charge in [-0.2, -0.15) is 17.6 Å². The number of alkyl halides is 4. The Labute approximate surface area is 178 Å². The highest BCUT2D eigenvalue weighted by Crippen LogP contribution is 2.51. The van der Waals surface area contributed by atoms with E-state index in [-0.39, 0.29) is 11.2 Å². The molecular formula is C25H36F4O. The number of hydrogen-bond donors (Lipinski definition) is 0. The maximum Gasteiger partial charge on any atom is 0.461 e. The van der Waals surface area contributed by atoms with E-state index in [9.17, 15) is 17.6 Å². The smallest absolute Gasteiger partial charge is 0.428 e. The van der Waals surface area contributed by atoms with Crippen molar-refractivity contribution in [3.05, 3.63) is 29.8 Å². The second-order valence-electron chi connectivity index (χ2n) is 9.42. The van der Waals surface area contributed by atoms with Crippen LogP contribution in [-0.4, -0.2) is 12.5 Å². The Balaban J connectivity index is 1.70. The zero-order chi connectivity index (χ0) is 21.6. The fourth-order valence-electron chi connectivity index (χ4n) is 5.86. The lowest BCUT2D eigenvalue weighted by Gasteiger charge is -2.47. The van der Waals surface area contributed by atoms with Crippen molar-refractivity contribution in [2.24, 2.45) is 11.8 Å². The molecule has 2 aliphatic rings. The highest BCUT2D eigenvalue weighted by atomic mass is 19.3. The molecule has 1 aromatic rings. The summed E-state index contributed by atoms with van der Waals surface area (Å²) in [5.41, 5.74) is 1.26. The summed E-state index contributed by atoms with van der Waals surface area (Å²) in [5, 5.41) is 0. The van der Waals surface area contributed by atoms with E-state index in [2.05, 4.69) is 11.7 Å². The van der Waals surface area contributed by atoms with Crippen LogP contribution in [0.25, 0.3) is 0 Å². The van der Waals surface area contributed by atoms with E-state index in [0.29, 0.717) is 5.92 Å². The number of hydrogen-bond acceptors (Lipinski definition) is 1.